The summed E-state index contributed by atoms with van der Waals surface area (Å²) in [6.45, 7) is 1.86. The molecule has 2 amide bonds. The average Bonchev–Trinajstić information content (AvgIpc) is 3.30. The molecule has 0 unspecified atom stereocenters. The zero-order valence-corrected chi connectivity index (χ0v) is 14.1. The number of carbonyl (C=O) groups excluding carboxylic acids is 1. The maximum Gasteiger partial charge on any atom is 0.315 e. The first-order valence-electron chi connectivity index (χ1n) is 8.87. The van der Waals surface area contributed by atoms with Gasteiger partial charge in [0.1, 0.15) is 5.82 Å². The molecule has 9 heteroatoms. The van der Waals surface area contributed by atoms with Crippen molar-refractivity contribution in [2.45, 2.75) is 57.8 Å². The van der Waals surface area contributed by atoms with Crippen LogP contribution in [0.15, 0.2) is 6.20 Å². The van der Waals surface area contributed by atoms with Gasteiger partial charge in [0.2, 0.25) is 0 Å². The van der Waals surface area contributed by atoms with E-state index in [4.69, 9.17) is 5.11 Å². The van der Waals surface area contributed by atoms with Gasteiger partial charge in [-0.2, -0.15) is 5.10 Å². The minimum atomic E-state index is -0.205. The molecule has 0 bridgehead atoms. The Morgan fingerprint density at radius 3 is 3.12 bits per heavy atom. The van der Waals surface area contributed by atoms with Gasteiger partial charge in [-0.15, -0.1) is 10.2 Å². The molecule has 0 saturated carbocycles. The van der Waals surface area contributed by atoms with E-state index in [0.29, 0.717) is 13.1 Å². The van der Waals surface area contributed by atoms with Crippen molar-refractivity contribution in [1.29, 1.82) is 0 Å². The van der Waals surface area contributed by atoms with Gasteiger partial charge in [-0.05, 0) is 25.7 Å². The van der Waals surface area contributed by atoms with Gasteiger partial charge in [-0.25, -0.2) is 4.79 Å². The second-order valence-corrected chi connectivity index (χ2v) is 6.55. The summed E-state index contributed by atoms with van der Waals surface area (Å²) in [5.41, 5.74) is 2.17. The van der Waals surface area contributed by atoms with Crippen molar-refractivity contribution in [1.82, 2.24) is 35.2 Å². The summed E-state index contributed by atoms with van der Waals surface area (Å²) in [4.78, 5) is 12.3. The standard InChI is InChI=1S/C16H23N7O2/c24-8-7-23-13-4-1-3-12(11(13)9-18-23)19-16(25)17-10-15-21-20-14-5-2-6-22(14)15/h9,12,24H,1-8,10H2,(H2,17,19,25)/t12-/m1/s1. The summed E-state index contributed by atoms with van der Waals surface area (Å²) in [5, 5.41) is 27.7. The zero-order chi connectivity index (χ0) is 17.2. The minimum absolute atomic E-state index is 0.0414. The lowest BCUT2D eigenvalue weighted by molar-refractivity contribution is 0.234. The fraction of sp³-hybridized carbons (Fsp3) is 0.625. The van der Waals surface area contributed by atoms with Crippen LogP contribution in [0.4, 0.5) is 4.79 Å². The average molecular weight is 345 g/mol. The highest BCUT2D eigenvalue weighted by atomic mass is 16.3. The molecule has 1 aliphatic heterocycles. The van der Waals surface area contributed by atoms with E-state index in [2.05, 4.69) is 30.5 Å². The summed E-state index contributed by atoms with van der Waals surface area (Å²) in [5.74, 6) is 1.81. The van der Waals surface area contributed by atoms with Crippen LogP contribution in [0.5, 0.6) is 0 Å². The summed E-state index contributed by atoms with van der Waals surface area (Å²) >= 11 is 0. The highest BCUT2D eigenvalue weighted by molar-refractivity contribution is 5.74. The molecule has 3 heterocycles. The third-order valence-electron chi connectivity index (χ3n) is 4.97. The van der Waals surface area contributed by atoms with E-state index in [1.807, 2.05) is 4.68 Å². The molecule has 2 aliphatic rings. The Hall–Kier alpha value is -2.42. The van der Waals surface area contributed by atoms with Crippen LogP contribution in [0, 0.1) is 0 Å². The molecule has 25 heavy (non-hydrogen) atoms. The molecule has 3 N–H and O–H groups in total. The highest BCUT2D eigenvalue weighted by Gasteiger charge is 2.25. The molecule has 2 aromatic rings. The third kappa shape index (κ3) is 3.11. The molecular weight excluding hydrogens is 322 g/mol. The Bertz CT molecular complexity index is 767. The maximum atomic E-state index is 12.3. The van der Waals surface area contributed by atoms with Crippen LogP contribution in [-0.4, -0.2) is 42.3 Å². The number of aromatic nitrogens is 5. The van der Waals surface area contributed by atoms with E-state index < -0.39 is 0 Å². The summed E-state index contributed by atoms with van der Waals surface area (Å²) in [6, 6.07) is -0.247. The summed E-state index contributed by atoms with van der Waals surface area (Å²) in [7, 11) is 0. The molecule has 1 aliphatic carbocycles. The van der Waals surface area contributed by atoms with Crippen molar-refractivity contribution in [3.05, 3.63) is 29.1 Å². The number of aryl methyl sites for hydroxylation is 1. The minimum Gasteiger partial charge on any atom is -0.394 e. The van der Waals surface area contributed by atoms with Crippen LogP contribution in [0.1, 0.15) is 48.2 Å². The van der Waals surface area contributed by atoms with E-state index in [1.165, 1.54) is 0 Å². The number of rotatable bonds is 5. The quantitative estimate of drug-likeness (QED) is 0.721. The Kier molecular flexibility index (Phi) is 4.39. The van der Waals surface area contributed by atoms with Gasteiger partial charge in [-0.1, -0.05) is 0 Å². The Morgan fingerprint density at radius 2 is 2.24 bits per heavy atom. The first-order valence-corrected chi connectivity index (χ1v) is 8.87. The summed E-state index contributed by atoms with van der Waals surface area (Å²) < 4.78 is 3.92. The van der Waals surface area contributed by atoms with Crippen molar-refractivity contribution < 1.29 is 9.90 Å². The van der Waals surface area contributed by atoms with E-state index in [0.717, 1.165) is 61.6 Å². The van der Waals surface area contributed by atoms with Crippen molar-refractivity contribution in [3.8, 4) is 0 Å². The summed E-state index contributed by atoms with van der Waals surface area (Å²) in [6.07, 6.45) is 6.68. The van der Waals surface area contributed by atoms with E-state index in [9.17, 15) is 4.79 Å². The Morgan fingerprint density at radius 1 is 1.32 bits per heavy atom. The monoisotopic (exact) mass is 345 g/mol. The van der Waals surface area contributed by atoms with Gasteiger partial charge in [-0.3, -0.25) is 4.68 Å². The van der Waals surface area contributed by atoms with Crippen LogP contribution < -0.4 is 10.6 Å². The van der Waals surface area contributed by atoms with Crippen LogP contribution in [0.2, 0.25) is 0 Å². The Balaban J connectivity index is 1.37. The van der Waals surface area contributed by atoms with Gasteiger partial charge in [0.15, 0.2) is 5.82 Å². The molecule has 0 spiro atoms. The van der Waals surface area contributed by atoms with Crippen LogP contribution in [0.3, 0.4) is 0 Å². The molecule has 134 valence electrons. The fourth-order valence-electron chi connectivity index (χ4n) is 3.77. The molecule has 4 rings (SSSR count). The van der Waals surface area contributed by atoms with Crippen molar-refractivity contribution >= 4 is 6.03 Å². The number of nitrogens with zero attached hydrogens (tertiary/aromatic N) is 5. The van der Waals surface area contributed by atoms with Crippen LogP contribution in [-0.2, 0) is 32.5 Å². The molecule has 0 aromatic carbocycles. The number of aliphatic hydroxyl groups is 1. The van der Waals surface area contributed by atoms with Gasteiger partial charge in [0, 0.05) is 24.2 Å². The molecule has 0 fully saturated rings. The number of fused-ring (bicyclic) bond motifs is 2. The molecule has 1 atom stereocenters. The lowest BCUT2D eigenvalue weighted by Crippen LogP contribution is -2.39. The first kappa shape index (κ1) is 16.1. The maximum absolute atomic E-state index is 12.3. The molecule has 9 nitrogen and oxygen atoms in total. The molecule has 2 aromatic heterocycles. The lowest BCUT2D eigenvalue weighted by Gasteiger charge is -2.24. The van der Waals surface area contributed by atoms with E-state index >= 15 is 0 Å². The van der Waals surface area contributed by atoms with Gasteiger partial charge >= 0.3 is 6.03 Å². The number of amides is 2. The normalized spacial score (nSPS) is 18.7. The number of aliphatic hydroxyl groups excluding tert-OH is 1. The topological polar surface area (TPSA) is 110 Å². The molecular formula is C16H23N7O2. The van der Waals surface area contributed by atoms with Crippen molar-refractivity contribution in [2.24, 2.45) is 0 Å². The van der Waals surface area contributed by atoms with Crippen molar-refractivity contribution in [3.63, 3.8) is 0 Å². The van der Waals surface area contributed by atoms with Gasteiger partial charge in [0.25, 0.3) is 0 Å². The van der Waals surface area contributed by atoms with Crippen molar-refractivity contribution in [2.75, 3.05) is 6.61 Å². The third-order valence-corrected chi connectivity index (χ3v) is 4.97. The van der Waals surface area contributed by atoms with Crippen LogP contribution in [0.25, 0.3) is 0 Å². The SMILES string of the molecule is O=C(NCc1nnc2n1CCC2)N[C@@H]1CCCc2c1cnn2CCO. The highest BCUT2D eigenvalue weighted by Crippen LogP contribution is 2.29. The number of hydrogen-bond donors (Lipinski definition) is 3. The fourth-order valence-corrected chi connectivity index (χ4v) is 3.77. The smallest absolute Gasteiger partial charge is 0.315 e. The predicted octanol–water partition coefficient (Wildman–Crippen LogP) is 0.290. The second-order valence-electron chi connectivity index (χ2n) is 6.55. The molecule has 0 saturated heterocycles. The van der Waals surface area contributed by atoms with Crippen LogP contribution >= 0.6 is 0 Å². The van der Waals surface area contributed by atoms with E-state index in [-0.39, 0.29) is 18.7 Å². The largest absolute Gasteiger partial charge is 0.394 e. The number of carbonyl (C=O) groups is 1. The van der Waals surface area contributed by atoms with Gasteiger partial charge < -0.3 is 20.3 Å². The number of urea groups is 1. The number of hydrogen-bond acceptors (Lipinski definition) is 5. The number of nitrogens with one attached hydrogen (secondary N) is 2. The first-order chi connectivity index (χ1) is 12.3. The van der Waals surface area contributed by atoms with Gasteiger partial charge in [0.05, 0.1) is 31.9 Å². The second kappa shape index (κ2) is 6.83. The zero-order valence-electron chi connectivity index (χ0n) is 14.1. The van der Waals surface area contributed by atoms with E-state index in [1.54, 1.807) is 6.20 Å². The predicted molar refractivity (Wildman–Crippen MR) is 88.7 cm³/mol. The molecule has 0 radical (unpaired) electrons. The Labute approximate surface area is 145 Å². The lowest BCUT2D eigenvalue weighted by atomic mass is 9.93.